The maximum atomic E-state index is 12.8. The monoisotopic (exact) mass is 608 g/mol. The van der Waals surface area contributed by atoms with Crippen molar-refractivity contribution in [2.75, 3.05) is 53.2 Å². The lowest BCUT2D eigenvalue weighted by Crippen LogP contribution is -2.52. The van der Waals surface area contributed by atoms with Crippen LogP contribution < -0.4 is 14.2 Å². The second-order valence-electron chi connectivity index (χ2n) is 11.8. The average Bonchev–Trinajstić information content (AvgIpc) is 2.96. The molecule has 1 aromatic heterocycles. The van der Waals surface area contributed by atoms with E-state index in [1.54, 1.807) is 31.5 Å². The molecule has 0 radical (unpaired) electrons. The zero-order valence-electron chi connectivity index (χ0n) is 24.4. The van der Waals surface area contributed by atoms with E-state index in [1.165, 1.54) is 0 Å². The molecule has 3 aliphatic rings. The van der Waals surface area contributed by atoms with Crippen molar-refractivity contribution in [1.82, 2.24) is 9.88 Å². The number of rotatable bonds is 12. The number of carbonyl (C=O) groups is 2. The van der Waals surface area contributed by atoms with Crippen molar-refractivity contribution in [2.45, 2.75) is 38.5 Å². The van der Waals surface area contributed by atoms with Crippen LogP contribution in [0.25, 0.3) is 10.9 Å². The number of Topliss-reactive ketones (excluding diaryl/α,β-unsaturated/α-hetero) is 1. The summed E-state index contributed by atoms with van der Waals surface area (Å²) in [7, 11) is 1.57. The highest BCUT2D eigenvalue weighted by molar-refractivity contribution is 6.31. The number of benzene rings is 2. The number of ketones is 1. The van der Waals surface area contributed by atoms with Gasteiger partial charge in [0.2, 0.25) is 5.91 Å². The Morgan fingerprint density at radius 3 is 2.51 bits per heavy atom. The molecule has 3 fully saturated rings. The molecular formula is C33H37ClN2O7. The predicted octanol–water partition coefficient (Wildman–Crippen LogP) is 5.64. The van der Waals surface area contributed by atoms with Crippen LogP contribution >= 0.6 is 11.6 Å². The number of amides is 1. The van der Waals surface area contributed by atoms with Crippen LogP contribution in [-0.2, 0) is 25.5 Å². The molecule has 43 heavy (non-hydrogen) atoms. The van der Waals surface area contributed by atoms with Gasteiger partial charge in [-0.2, -0.15) is 0 Å². The fourth-order valence-corrected chi connectivity index (χ4v) is 6.02. The van der Waals surface area contributed by atoms with Crippen molar-refractivity contribution in [3.8, 4) is 23.0 Å². The minimum atomic E-state index is 0.0986. The number of likely N-dealkylation sites (tertiary alicyclic amines) is 1. The smallest absolute Gasteiger partial charge is 0.225 e. The molecular weight excluding hydrogens is 572 g/mol. The molecule has 10 heteroatoms. The van der Waals surface area contributed by atoms with Crippen LogP contribution in [0.5, 0.6) is 23.0 Å². The number of ether oxygens (including phenoxy) is 5. The van der Waals surface area contributed by atoms with E-state index in [1.807, 2.05) is 23.1 Å². The second-order valence-corrected chi connectivity index (χ2v) is 12.2. The highest BCUT2D eigenvalue weighted by Gasteiger charge is 2.41. The van der Waals surface area contributed by atoms with Gasteiger partial charge >= 0.3 is 0 Å². The van der Waals surface area contributed by atoms with E-state index < -0.39 is 0 Å². The summed E-state index contributed by atoms with van der Waals surface area (Å²) >= 11 is 6.54. The molecule has 3 saturated heterocycles. The lowest BCUT2D eigenvalue weighted by Gasteiger charge is -2.47. The summed E-state index contributed by atoms with van der Waals surface area (Å²) in [5, 5.41) is 1.22. The molecule has 0 atom stereocenters. The SMILES string of the molecule is COc1cc2c(Oc3ccc(CC(=O)CCC4COC4)c(Cl)c3)ccnc2cc1OCCC(=O)N1CCC2(CC1)COC2. The van der Waals surface area contributed by atoms with E-state index in [0.717, 1.165) is 69.7 Å². The van der Waals surface area contributed by atoms with Crippen molar-refractivity contribution < 1.29 is 33.3 Å². The van der Waals surface area contributed by atoms with Crippen molar-refractivity contribution in [2.24, 2.45) is 11.3 Å². The van der Waals surface area contributed by atoms with Gasteiger partial charge in [-0.15, -0.1) is 0 Å². The number of carbonyl (C=O) groups excluding carboxylic acids is 2. The average molecular weight is 609 g/mol. The number of halogens is 1. The van der Waals surface area contributed by atoms with E-state index in [4.69, 9.17) is 35.3 Å². The zero-order valence-corrected chi connectivity index (χ0v) is 25.2. The van der Waals surface area contributed by atoms with Gasteiger partial charge in [0, 0.05) is 59.9 Å². The molecule has 9 nitrogen and oxygen atoms in total. The quantitative estimate of drug-likeness (QED) is 0.261. The normalized spacial score (nSPS) is 17.8. The van der Waals surface area contributed by atoms with Gasteiger partial charge in [0.25, 0.3) is 0 Å². The Bertz CT molecular complexity index is 1480. The fraction of sp³-hybridized carbons (Fsp3) is 0.485. The lowest BCUT2D eigenvalue weighted by molar-refractivity contribution is -0.153. The zero-order chi connectivity index (χ0) is 29.8. The predicted molar refractivity (Wildman–Crippen MR) is 161 cm³/mol. The van der Waals surface area contributed by atoms with Crippen molar-refractivity contribution in [3.05, 3.63) is 53.2 Å². The topological polar surface area (TPSA) is 96.4 Å². The third-order valence-electron chi connectivity index (χ3n) is 8.73. The van der Waals surface area contributed by atoms with Crippen LogP contribution in [0.2, 0.25) is 5.02 Å². The van der Waals surface area contributed by atoms with Crippen LogP contribution in [-0.4, -0.2) is 74.8 Å². The first-order valence-corrected chi connectivity index (χ1v) is 15.3. The Labute approximate surface area is 256 Å². The number of aromatic nitrogens is 1. The summed E-state index contributed by atoms with van der Waals surface area (Å²) in [5.41, 5.74) is 1.74. The molecule has 1 spiro atoms. The Kier molecular flexibility index (Phi) is 9.02. The van der Waals surface area contributed by atoms with E-state index >= 15 is 0 Å². The Morgan fingerprint density at radius 1 is 1.02 bits per heavy atom. The number of nitrogens with zero attached hydrogens (tertiary/aromatic N) is 2. The first-order valence-electron chi connectivity index (χ1n) is 14.9. The summed E-state index contributed by atoms with van der Waals surface area (Å²) in [5.74, 6) is 2.92. The van der Waals surface area contributed by atoms with Crippen LogP contribution in [0, 0.1) is 11.3 Å². The Hall–Kier alpha value is -3.40. The summed E-state index contributed by atoms with van der Waals surface area (Å²) < 4.78 is 28.4. The lowest BCUT2D eigenvalue weighted by atomic mass is 9.77. The second kappa shape index (κ2) is 13.1. The standard InChI is InChI=1S/C33H37ClN2O7/c1-39-30-16-26-28(17-31(30)42-13-7-32(38)36-11-8-33(9-12-36)20-41-21-33)35-10-6-29(26)43-25-5-3-23(27(34)15-25)14-24(37)4-2-22-18-40-19-22/h3,5-6,10,15-17,22H,2,4,7-9,11-14,18-21H2,1H3. The summed E-state index contributed by atoms with van der Waals surface area (Å²) in [6.45, 7) is 4.93. The Balaban J connectivity index is 1.07. The first-order chi connectivity index (χ1) is 20.9. The number of fused-ring (bicyclic) bond motifs is 1. The third-order valence-corrected chi connectivity index (χ3v) is 9.08. The fourth-order valence-electron chi connectivity index (χ4n) is 5.78. The summed E-state index contributed by atoms with van der Waals surface area (Å²) in [6.07, 6.45) is 5.64. The van der Waals surface area contributed by atoms with Crippen molar-refractivity contribution in [3.63, 3.8) is 0 Å². The number of methoxy groups -OCH3 is 1. The molecule has 0 unspecified atom stereocenters. The number of hydrogen-bond donors (Lipinski definition) is 0. The van der Waals surface area contributed by atoms with Gasteiger partial charge in [0.1, 0.15) is 17.3 Å². The van der Waals surface area contributed by atoms with Gasteiger partial charge in [-0.05, 0) is 49.1 Å². The van der Waals surface area contributed by atoms with Gasteiger partial charge in [0.05, 0.1) is 52.1 Å². The van der Waals surface area contributed by atoms with E-state index in [9.17, 15) is 9.59 Å². The molecule has 2 aromatic carbocycles. The first kappa shape index (κ1) is 29.7. The van der Waals surface area contributed by atoms with Crippen LogP contribution in [0.3, 0.4) is 0 Å². The van der Waals surface area contributed by atoms with Gasteiger partial charge in [0.15, 0.2) is 11.5 Å². The summed E-state index contributed by atoms with van der Waals surface area (Å²) in [4.78, 5) is 31.6. The molecule has 0 N–H and O–H groups in total. The molecule has 0 bridgehead atoms. The van der Waals surface area contributed by atoms with E-state index in [-0.39, 0.29) is 18.3 Å². The minimum absolute atomic E-state index is 0.0986. The molecule has 3 aromatic rings. The van der Waals surface area contributed by atoms with Crippen LogP contribution in [0.4, 0.5) is 0 Å². The highest BCUT2D eigenvalue weighted by atomic mass is 35.5. The maximum Gasteiger partial charge on any atom is 0.225 e. The van der Waals surface area contributed by atoms with Crippen molar-refractivity contribution in [1.29, 1.82) is 0 Å². The molecule has 6 rings (SSSR count). The van der Waals surface area contributed by atoms with Crippen LogP contribution in [0.15, 0.2) is 42.6 Å². The largest absolute Gasteiger partial charge is 0.493 e. The van der Waals surface area contributed by atoms with Gasteiger partial charge in [-0.3, -0.25) is 14.6 Å². The molecule has 0 aliphatic carbocycles. The number of piperidine rings is 1. The third kappa shape index (κ3) is 6.89. The molecule has 1 amide bonds. The van der Waals surface area contributed by atoms with E-state index in [0.29, 0.717) is 64.1 Å². The molecule has 4 heterocycles. The van der Waals surface area contributed by atoms with Gasteiger partial charge in [-0.25, -0.2) is 0 Å². The highest BCUT2D eigenvalue weighted by Crippen LogP contribution is 2.39. The maximum absolute atomic E-state index is 12.8. The molecule has 0 saturated carbocycles. The summed E-state index contributed by atoms with van der Waals surface area (Å²) in [6, 6.07) is 10.8. The Morgan fingerprint density at radius 2 is 1.84 bits per heavy atom. The number of hydrogen-bond acceptors (Lipinski definition) is 8. The van der Waals surface area contributed by atoms with Gasteiger partial charge in [-0.1, -0.05) is 17.7 Å². The van der Waals surface area contributed by atoms with Gasteiger partial charge < -0.3 is 28.6 Å². The molecule has 3 aliphatic heterocycles. The minimum Gasteiger partial charge on any atom is -0.493 e. The van der Waals surface area contributed by atoms with Crippen LogP contribution in [0.1, 0.15) is 37.7 Å². The number of pyridine rings is 1. The molecule has 228 valence electrons. The van der Waals surface area contributed by atoms with Crippen molar-refractivity contribution >= 4 is 34.2 Å². The van der Waals surface area contributed by atoms with E-state index in [2.05, 4.69) is 4.98 Å².